The van der Waals surface area contributed by atoms with E-state index in [1.807, 2.05) is 0 Å². The Hall–Kier alpha value is -0.0400. The second-order valence-corrected chi connectivity index (χ2v) is 6.33. The zero-order chi connectivity index (χ0) is 13.2. The van der Waals surface area contributed by atoms with Gasteiger partial charge >= 0.3 is 0 Å². The summed E-state index contributed by atoms with van der Waals surface area (Å²) >= 11 is 0. The van der Waals surface area contributed by atoms with Crippen LogP contribution in [0.5, 0.6) is 0 Å². The summed E-state index contributed by atoms with van der Waals surface area (Å²) in [6.07, 6.45) is 15.5. The lowest BCUT2D eigenvalue weighted by molar-refractivity contribution is 0.218. The van der Waals surface area contributed by atoms with E-state index >= 15 is 0 Å². The highest BCUT2D eigenvalue weighted by Crippen LogP contribution is 2.30. The van der Waals surface area contributed by atoms with Crippen molar-refractivity contribution in [3.8, 4) is 0 Å². The first-order valence-electron chi connectivity index (χ1n) is 8.54. The van der Waals surface area contributed by atoms with Crippen LogP contribution in [0.1, 0.15) is 91.4 Å². The summed E-state index contributed by atoms with van der Waals surface area (Å²) in [5.41, 5.74) is 0. The smallest absolute Gasteiger partial charge is 0.00696 e. The molecule has 1 fully saturated rings. The Kier molecular flexibility index (Phi) is 8.75. The minimum Gasteiger partial charge on any atom is -0.311 e. The first-order valence-corrected chi connectivity index (χ1v) is 8.54. The maximum atomic E-state index is 3.94. The second-order valence-electron chi connectivity index (χ2n) is 6.33. The van der Waals surface area contributed by atoms with Gasteiger partial charge in [0.15, 0.2) is 0 Å². The van der Waals surface area contributed by atoms with Gasteiger partial charge in [-0.15, -0.1) is 0 Å². The van der Waals surface area contributed by atoms with Gasteiger partial charge in [0.2, 0.25) is 0 Å². The van der Waals surface area contributed by atoms with Crippen LogP contribution in [0.25, 0.3) is 0 Å². The summed E-state index contributed by atoms with van der Waals surface area (Å²) in [5.74, 6) is 0.977. The Labute approximate surface area is 115 Å². The summed E-state index contributed by atoms with van der Waals surface area (Å²) in [5, 5.41) is 3.94. The van der Waals surface area contributed by atoms with E-state index in [4.69, 9.17) is 0 Å². The zero-order valence-corrected chi connectivity index (χ0v) is 13.0. The zero-order valence-electron chi connectivity index (χ0n) is 13.0. The predicted octanol–water partition coefficient (Wildman–Crippen LogP) is 5.29. The van der Waals surface area contributed by atoms with Gasteiger partial charge in [-0.2, -0.15) is 0 Å². The molecule has 1 N–H and O–H groups in total. The number of unbranched alkanes of at least 4 members (excludes halogenated alkanes) is 4. The monoisotopic (exact) mass is 253 g/mol. The molecule has 0 aromatic carbocycles. The molecule has 0 radical (unpaired) electrons. The number of hydrogen-bond acceptors (Lipinski definition) is 1. The van der Waals surface area contributed by atoms with E-state index in [-0.39, 0.29) is 0 Å². The first-order chi connectivity index (χ1) is 8.77. The molecule has 0 saturated heterocycles. The molecule has 1 aliphatic carbocycles. The standard InChI is InChI=1S/C17H35N/c1-4-6-8-13-17(14-9-7-5-2)18-15(3)16-11-10-12-16/h15-18H,4-14H2,1-3H3. The fourth-order valence-electron chi connectivity index (χ4n) is 3.04. The molecule has 0 aromatic rings. The molecule has 0 spiro atoms. The van der Waals surface area contributed by atoms with Gasteiger partial charge in [-0.25, -0.2) is 0 Å². The Morgan fingerprint density at radius 3 is 1.89 bits per heavy atom. The fraction of sp³-hybridized carbons (Fsp3) is 1.00. The minimum atomic E-state index is 0.756. The molecule has 18 heavy (non-hydrogen) atoms. The Morgan fingerprint density at radius 2 is 1.50 bits per heavy atom. The van der Waals surface area contributed by atoms with Crippen molar-refractivity contribution in [3.05, 3.63) is 0 Å². The Morgan fingerprint density at radius 1 is 0.944 bits per heavy atom. The van der Waals surface area contributed by atoms with Gasteiger partial charge in [-0.1, -0.05) is 58.8 Å². The third-order valence-electron chi connectivity index (χ3n) is 4.67. The highest BCUT2D eigenvalue weighted by atomic mass is 15.0. The molecule has 1 heteroatoms. The van der Waals surface area contributed by atoms with Crippen LogP contribution in [0.2, 0.25) is 0 Å². The lowest BCUT2D eigenvalue weighted by Gasteiger charge is -2.35. The van der Waals surface area contributed by atoms with Crippen molar-refractivity contribution < 1.29 is 0 Å². The Bertz CT molecular complexity index is 176. The molecule has 0 aliphatic heterocycles. The average molecular weight is 253 g/mol. The number of rotatable bonds is 11. The molecule has 1 aliphatic rings. The largest absolute Gasteiger partial charge is 0.311 e. The molecular weight excluding hydrogens is 218 g/mol. The lowest BCUT2D eigenvalue weighted by Crippen LogP contribution is -2.43. The minimum absolute atomic E-state index is 0.756. The molecule has 0 heterocycles. The average Bonchev–Trinajstić information content (AvgIpc) is 2.27. The van der Waals surface area contributed by atoms with Gasteiger partial charge in [-0.05, 0) is 38.5 Å². The van der Waals surface area contributed by atoms with Crippen molar-refractivity contribution in [2.75, 3.05) is 0 Å². The van der Waals surface area contributed by atoms with Gasteiger partial charge in [0.25, 0.3) is 0 Å². The van der Waals surface area contributed by atoms with Crippen LogP contribution in [-0.2, 0) is 0 Å². The molecule has 0 aromatic heterocycles. The van der Waals surface area contributed by atoms with Crippen LogP contribution < -0.4 is 5.32 Å². The van der Waals surface area contributed by atoms with E-state index in [0.717, 1.165) is 18.0 Å². The number of hydrogen-bond donors (Lipinski definition) is 1. The van der Waals surface area contributed by atoms with Gasteiger partial charge in [0.05, 0.1) is 0 Å². The van der Waals surface area contributed by atoms with Crippen molar-refractivity contribution in [1.82, 2.24) is 5.32 Å². The quantitative estimate of drug-likeness (QED) is 0.493. The Balaban J connectivity index is 2.22. The van der Waals surface area contributed by atoms with Crippen molar-refractivity contribution in [2.45, 2.75) is 103 Å². The third-order valence-corrected chi connectivity index (χ3v) is 4.67. The van der Waals surface area contributed by atoms with E-state index in [2.05, 4.69) is 26.1 Å². The molecule has 108 valence electrons. The molecule has 0 amide bonds. The van der Waals surface area contributed by atoms with Crippen molar-refractivity contribution in [1.29, 1.82) is 0 Å². The highest BCUT2D eigenvalue weighted by Gasteiger charge is 2.25. The molecule has 1 unspecified atom stereocenters. The third kappa shape index (κ3) is 6.22. The molecule has 0 bridgehead atoms. The van der Waals surface area contributed by atoms with Crippen LogP contribution in [0.4, 0.5) is 0 Å². The van der Waals surface area contributed by atoms with Crippen molar-refractivity contribution in [3.63, 3.8) is 0 Å². The van der Waals surface area contributed by atoms with Crippen LogP contribution in [0, 0.1) is 5.92 Å². The van der Waals surface area contributed by atoms with Crippen molar-refractivity contribution >= 4 is 0 Å². The predicted molar refractivity (Wildman–Crippen MR) is 82.0 cm³/mol. The lowest BCUT2D eigenvalue weighted by atomic mass is 9.80. The van der Waals surface area contributed by atoms with E-state index in [1.54, 1.807) is 0 Å². The summed E-state index contributed by atoms with van der Waals surface area (Å²) in [4.78, 5) is 0. The van der Waals surface area contributed by atoms with E-state index in [0.29, 0.717) is 0 Å². The molecule has 1 saturated carbocycles. The van der Waals surface area contributed by atoms with Gasteiger partial charge < -0.3 is 5.32 Å². The van der Waals surface area contributed by atoms with Crippen LogP contribution in [0.15, 0.2) is 0 Å². The van der Waals surface area contributed by atoms with Gasteiger partial charge in [0, 0.05) is 12.1 Å². The van der Waals surface area contributed by atoms with E-state index < -0.39 is 0 Å². The normalized spacial score (nSPS) is 18.0. The van der Waals surface area contributed by atoms with Gasteiger partial charge in [-0.3, -0.25) is 0 Å². The van der Waals surface area contributed by atoms with Crippen LogP contribution in [0.3, 0.4) is 0 Å². The summed E-state index contributed by atoms with van der Waals surface area (Å²) in [7, 11) is 0. The van der Waals surface area contributed by atoms with Crippen LogP contribution >= 0.6 is 0 Å². The second kappa shape index (κ2) is 9.83. The molecule has 1 atom stereocenters. The molecule has 1 rings (SSSR count). The van der Waals surface area contributed by atoms with Crippen LogP contribution in [-0.4, -0.2) is 12.1 Å². The molecule has 1 nitrogen and oxygen atoms in total. The summed E-state index contributed by atoms with van der Waals surface area (Å²) < 4.78 is 0. The fourth-order valence-corrected chi connectivity index (χ4v) is 3.04. The topological polar surface area (TPSA) is 12.0 Å². The highest BCUT2D eigenvalue weighted by molar-refractivity contribution is 4.82. The molecular formula is C17H35N. The SMILES string of the molecule is CCCCCC(CCCCC)NC(C)C1CCC1. The van der Waals surface area contributed by atoms with Gasteiger partial charge in [0.1, 0.15) is 0 Å². The maximum Gasteiger partial charge on any atom is 0.00696 e. The van der Waals surface area contributed by atoms with Crippen molar-refractivity contribution in [2.24, 2.45) is 5.92 Å². The summed E-state index contributed by atoms with van der Waals surface area (Å²) in [6.45, 7) is 7.02. The summed E-state index contributed by atoms with van der Waals surface area (Å²) in [6, 6.07) is 1.55. The van der Waals surface area contributed by atoms with E-state index in [9.17, 15) is 0 Å². The first kappa shape index (κ1) is 16.0. The van der Waals surface area contributed by atoms with E-state index in [1.165, 1.54) is 70.6 Å². The maximum absolute atomic E-state index is 3.94. The number of nitrogens with one attached hydrogen (secondary N) is 1.